The summed E-state index contributed by atoms with van der Waals surface area (Å²) in [7, 11) is 0. The zero-order chi connectivity index (χ0) is 19.9. The van der Waals surface area contributed by atoms with Crippen molar-refractivity contribution in [2.24, 2.45) is 5.92 Å². The van der Waals surface area contributed by atoms with Gasteiger partial charge < -0.3 is 0 Å². The smallest absolute Gasteiger partial charge is 0.131 e. The highest BCUT2D eigenvalue weighted by molar-refractivity contribution is 5.65. The van der Waals surface area contributed by atoms with Crippen LogP contribution in [-0.2, 0) is 6.42 Å². The fourth-order valence-electron chi connectivity index (χ4n) is 4.50. The minimum atomic E-state index is -0.287. The number of halogens is 2. The molecule has 0 heterocycles. The lowest BCUT2D eigenvalue weighted by Crippen LogP contribution is -2.14. The minimum absolute atomic E-state index is 0.190. The Morgan fingerprint density at radius 3 is 2.43 bits per heavy atom. The quantitative estimate of drug-likeness (QED) is 0.403. The average Bonchev–Trinajstić information content (AvgIpc) is 2.71. The van der Waals surface area contributed by atoms with E-state index in [0.717, 1.165) is 42.7 Å². The topological polar surface area (TPSA) is 0 Å². The van der Waals surface area contributed by atoms with Gasteiger partial charge in [-0.25, -0.2) is 8.78 Å². The number of hydrogen-bond acceptors (Lipinski definition) is 0. The van der Waals surface area contributed by atoms with Crippen molar-refractivity contribution in [3.8, 4) is 11.1 Å². The summed E-state index contributed by atoms with van der Waals surface area (Å²) in [6.07, 6.45) is 11.8. The van der Waals surface area contributed by atoms with Crippen LogP contribution in [0.15, 0.2) is 49.1 Å². The third kappa shape index (κ3) is 5.10. The van der Waals surface area contributed by atoms with E-state index in [4.69, 9.17) is 0 Å². The van der Waals surface area contributed by atoms with Crippen molar-refractivity contribution in [2.75, 3.05) is 0 Å². The van der Waals surface area contributed by atoms with Gasteiger partial charge in [-0.05, 0) is 79.2 Å². The van der Waals surface area contributed by atoms with Crippen LogP contribution in [0.4, 0.5) is 8.78 Å². The van der Waals surface area contributed by atoms with E-state index >= 15 is 0 Å². The van der Waals surface area contributed by atoms with E-state index in [0.29, 0.717) is 17.0 Å². The molecule has 0 aliphatic heterocycles. The van der Waals surface area contributed by atoms with Crippen LogP contribution in [0, 0.1) is 17.6 Å². The average molecular weight is 383 g/mol. The second-order valence-electron chi connectivity index (χ2n) is 8.24. The molecule has 0 saturated heterocycles. The molecule has 2 aromatic carbocycles. The van der Waals surface area contributed by atoms with Gasteiger partial charge in [-0.3, -0.25) is 0 Å². The van der Waals surface area contributed by atoms with E-state index in [-0.39, 0.29) is 11.6 Å². The molecule has 3 rings (SSSR count). The van der Waals surface area contributed by atoms with Gasteiger partial charge in [0.05, 0.1) is 0 Å². The molecule has 0 nitrogen and oxygen atoms in total. The first-order chi connectivity index (χ1) is 13.6. The SMILES string of the molecule is C=CCCc1ccc(-c2ccc(C3CCC(CCCC)CC3)c(F)c2)c(F)c1. The third-order valence-corrected chi connectivity index (χ3v) is 6.23. The Labute approximate surface area is 168 Å². The number of aryl methyl sites for hydroxylation is 1. The summed E-state index contributed by atoms with van der Waals surface area (Å²) in [5, 5.41) is 0. The predicted molar refractivity (Wildman–Crippen MR) is 115 cm³/mol. The Morgan fingerprint density at radius 2 is 1.79 bits per heavy atom. The lowest BCUT2D eigenvalue weighted by molar-refractivity contribution is 0.301. The molecule has 2 aromatic rings. The Morgan fingerprint density at radius 1 is 1.00 bits per heavy atom. The number of rotatable bonds is 8. The molecule has 2 heteroatoms. The van der Waals surface area contributed by atoms with Crippen LogP contribution < -0.4 is 0 Å². The zero-order valence-corrected chi connectivity index (χ0v) is 17.0. The van der Waals surface area contributed by atoms with Gasteiger partial charge in [-0.1, -0.05) is 56.5 Å². The van der Waals surface area contributed by atoms with Crippen molar-refractivity contribution < 1.29 is 8.78 Å². The van der Waals surface area contributed by atoms with E-state index < -0.39 is 0 Å². The summed E-state index contributed by atoms with van der Waals surface area (Å²) in [4.78, 5) is 0. The van der Waals surface area contributed by atoms with E-state index in [1.54, 1.807) is 12.1 Å². The molecule has 0 unspecified atom stereocenters. The number of allylic oxidation sites excluding steroid dienone is 1. The van der Waals surface area contributed by atoms with Crippen molar-refractivity contribution in [3.05, 3.63) is 71.8 Å². The van der Waals surface area contributed by atoms with Crippen LogP contribution in [0.25, 0.3) is 11.1 Å². The van der Waals surface area contributed by atoms with E-state index in [2.05, 4.69) is 13.5 Å². The highest BCUT2D eigenvalue weighted by Crippen LogP contribution is 2.39. The zero-order valence-electron chi connectivity index (χ0n) is 17.0. The third-order valence-electron chi connectivity index (χ3n) is 6.23. The van der Waals surface area contributed by atoms with Crippen molar-refractivity contribution in [2.45, 2.75) is 70.6 Å². The molecule has 0 spiro atoms. The second kappa shape index (κ2) is 10.0. The maximum absolute atomic E-state index is 14.9. The Kier molecular flexibility index (Phi) is 7.42. The fraction of sp³-hybridized carbons (Fsp3) is 0.462. The lowest BCUT2D eigenvalue weighted by Gasteiger charge is -2.29. The molecule has 0 aromatic heterocycles. The van der Waals surface area contributed by atoms with Crippen molar-refractivity contribution in [1.29, 1.82) is 0 Å². The molecule has 1 fully saturated rings. The first-order valence-corrected chi connectivity index (χ1v) is 10.8. The summed E-state index contributed by atoms with van der Waals surface area (Å²) < 4.78 is 29.4. The second-order valence-corrected chi connectivity index (χ2v) is 8.24. The normalized spacial score (nSPS) is 19.5. The van der Waals surface area contributed by atoms with Crippen molar-refractivity contribution in [1.82, 2.24) is 0 Å². The first kappa shape index (κ1) is 20.8. The Hall–Kier alpha value is -1.96. The summed E-state index contributed by atoms with van der Waals surface area (Å²) >= 11 is 0. The molecular formula is C26H32F2. The maximum Gasteiger partial charge on any atom is 0.131 e. The van der Waals surface area contributed by atoms with E-state index in [9.17, 15) is 8.78 Å². The largest absolute Gasteiger partial charge is 0.207 e. The highest BCUT2D eigenvalue weighted by Gasteiger charge is 2.24. The molecule has 1 saturated carbocycles. The van der Waals surface area contributed by atoms with Gasteiger partial charge in [0.2, 0.25) is 0 Å². The van der Waals surface area contributed by atoms with Gasteiger partial charge in [0.25, 0.3) is 0 Å². The van der Waals surface area contributed by atoms with Crippen LogP contribution >= 0.6 is 0 Å². The van der Waals surface area contributed by atoms with Gasteiger partial charge in [0.1, 0.15) is 11.6 Å². The summed E-state index contributed by atoms with van der Waals surface area (Å²) in [5.74, 6) is 0.639. The van der Waals surface area contributed by atoms with Crippen molar-refractivity contribution in [3.63, 3.8) is 0 Å². The highest BCUT2D eigenvalue weighted by atomic mass is 19.1. The molecule has 0 atom stereocenters. The van der Waals surface area contributed by atoms with Crippen LogP contribution in [-0.4, -0.2) is 0 Å². The van der Waals surface area contributed by atoms with Crippen LogP contribution in [0.2, 0.25) is 0 Å². The van der Waals surface area contributed by atoms with Crippen molar-refractivity contribution >= 4 is 0 Å². The van der Waals surface area contributed by atoms with Crippen LogP contribution in [0.3, 0.4) is 0 Å². The Bertz CT molecular complexity index is 785. The fourth-order valence-corrected chi connectivity index (χ4v) is 4.50. The van der Waals surface area contributed by atoms with Gasteiger partial charge in [-0.15, -0.1) is 6.58 Å². The molecule has 28 heavy (non-hydrogen) atoms. The van der Waals surface area contributed by atoms with Gasteiger partial charge in [0.15, 0.2) is 0 Å². The van der Waals surface area contributed by atoms with Gasteiger partial charge in [0, 0.05) is 5.56 Å². The van der Waals surface area contributed by atoms with Gasteiger partial charge >= 0.3 is 0 Å². The summed E-state index contributed by atoms with van der Waals surface area (Å²) in [5.41, 5.74) is 2.83. The molecular weight excluding hydrogens is 350 g/mol. The molecule has 0 N–H and O–H groups in total. The Balaban J connectivity index is 1.70. The predicted octanol–water partition coefficient (Wildman–Crippen LogP) is 8.21. The maximum atomic E-state index is 14.9. The number of hydrogen-bond donors (Lipinski definition) is 0. The van der Waals surface area contributed by atoms with E-state index in [1.807, 2.05) is 24.3 Å². The van der Waals surface area contributed by atoms with E-state index in [1.165, 1.54) is 38.2 Å². The molecule has 0 radical (unpaired) electrons. The lowest BCUT2D eigenvalue weighted by atomic mass is 9.77. The monoisotopic (exact) mass is 382 g/mol. The van der Waals surface area contributed by atoms with Crippen LogP contribution in [0.5, 0.6) is 0 Å². The van der Waals surface area contributed by atoms with Gasteiger partial charge in [-0.2, -0.15) is 0 Å². The summed E-state index contributed by atoms with van der Waals surface area (Å²) in [6.45, 7) is 5.94. The molecule has 1 aliphatic carbocycles. The van der Waals surface area contributed by atoms with Crippen LogP contribution in [0.1, 0.15) is 75.3 Å². The summed E-state index contributed by atoms with van der Waals surface area (Å²) in [6, 6.07) is 10.5. The minimum Gasteiger partial charge on any atom is -0.207 e. The molecule has 0 amide bonds. The molecule has 0 bridgehead atoms. The standard InChI is InChI=1S/C26H32F2/c1-3-5-7-19-9-12-21(13-10-19)23-16-14-22(18-26(23)28)24-15-11-20(8-6-4-2)17-25(24)27/h4,11,14-19,21H,2-3,5-10,12-13H2,1H3. The first-order valence-electron chi connectivity index (χ1n) is 10.8. The molecule has 150 valence electrons. The number of benzene rings is 2. The number of unbranched alkanes of at least 4 members (excludes halogenated alkanes) is 1. The molecule has 1 aliphatic rings.